The predicted octanol–water partition coefficient (Wildman–Crippen LogP) is 2.36. The maximum absolute atomic E-state index is 11.7. The van der Waals surface area contributed by atoms with Crippen molar-refractivity contribution in [1.29, 1.82) is 0 Å². The Kier molecular flexibility index (Phi) is 8.14. The lowest BCUT2D eigenvalue weighted by atomic mass is 10.2. The zero-order chi connectivity index (χ0) is 21.2. The number of carbonyl (C=O) groups is 1. The van der Waals surface area contributed by atoms with E-state index in [0.717, 1.165) is 11.3 Å². The van der Waals surface area contributed by atoms with Crippen LogP contribution in [0.15, 0.2) is 47.5 Å². The number of guanidine groups is 1. The second-order valence-corrected chi connectivity index (χ2v) is 6.34. The summed E-state index contributed by atoms with van der Waals surface area (Å²) in [5, 5.41) is 6.46. The molecule has 0 aliphatic heterocycles. The van der Waals surface area contributed by atoms with Crippen LogP contribution in [0.5, 0.6) is 17.2 Å². The molecule has 1 amide bonds. The van der Waals surface area contributed by atoms with E-state index in [1.165, 1.54) is 4.90 Å². The minimum absolute atomic E-state index is 0.00636. The molecule has 2 aromatic rings. The molecular weight excluding hydrogens is 372 g/mol. The smallest absolute Gasteiger partial charge is 0.259 e. The second-order valence-electron chi connectivity index (χ2n) is 6.34. The molecule has 156 valence electrons. The summed E-state index contributed by atoms with van der Waals surface area (Å²) in [6.45, 7) is 0.540. The van der Waals surface area contributed by atoms with Gasteiger partial charge in [-0.25, -0.2) is 0 Å². The average molecular weight is 400 g/mol. The molecule has 8 heteroatoms. The number of ether oxygens (including phenoxy) is 3. The number of carbonyl (C=O) groups excluding carboxylic acids is 1. The summed E-state index contributed by atoms with van der Waals surface area (Å²) in [6.07, 6.45) is 0. The third-order valence-electron chi connectivity index (χ3n) is 4.09. The number of methoxy groups -OCH3 is 2. The number of amides is 1. The van der Waals surface area contributed by atoms with Gasteiger partial charge >= 0.3 is 0 Å². The van der Waals surface area contributed by atoms with E-state index < -0.39 is 0 Å². The van der Waals surface area contributed by atoms with Gasteiger partial charge in [0.15, 0.2) is 24.1 Å². The molecular formula is C21H28N4O4. The number of hydrogen-bond acceptors (Lipinski definition) is 5. The first-order chi connectivity index (χ1) is 14.0. The Hall–Kier alpha value is -3.42. The van der Waals surface area contributed by atoms with Crippen LogP contribution in [0.2, 0.25) is 0 Å². The number of likely N-dealkylation sites (N-methyl/N-ethyl adjacent to an activating group) is 1. The molecule has 0 atom stereocenters. The minimum Gasteiger partial charge on any atom is -0.493 e. The Balaban J connectivity index is 1.96. The van der Waals surface area contributed by atoms with Crippen molar-refractivity contribution in [3.05, 3.63) is 48.0 Å². The molecule has 29 heavy (non-hydrogen) atoms. The summed E-state index contributed by atoms with van der Waals surface area (Å²) in [6, 6.07) is 13.1. The summed E-state index contributed by atoms with van der Waals surface area (Å²) in [4.78, 5) is 17.4. The molecule has 0 unspecified atom stereocenters. The van der Waals surface area contributed by atoms with Gasteiger partial charge in [0.1, 0.15) is 5.75 Å². The third-order valence-corrected chi connectivity index (χ3v) is 4.09. The maximum Gasteiger partial charge on any atom is 0.259 e. The van der Waals surface area contributed by atoms with Crippen LogP contribution >= 0.6 is 0 Å². The van der Waals surface area contributed by atoms with Gasteiger partial charge < -0.3 is 29.7 Å². The lowest BCUT2D eigenvalue weighted by Crippen LogP contribution is -2.30. The van der Waals surface area contributed by atoms with E-state index in [-0.39, 0.29) is 12.5 Å². The van der Waals surface area contributed by atoms with Gasteiger partial charge in [-0.2, -0.15) is 0 Å². The predicted molar refractivity (Wildman–Crippen MR) is 114 cm³/mol. The Bertz CT molecular complexity index is 852. The number of rotatable bonds is 8. The van der Waals surface area contributed by atoms with Crippen molar-refractivity contribution in [2.45, 2.75) is 6.54 Å². The van der Waals surface area contributed by atoms with Gasteiger partial charge in [0.05, 0.1) is 14.2 Å². The van der Waals surface area contributed by atoms with Crippen molar-refractivity contribution in [2.24, 2.45) is 4.99 Å². The first-order valence-corrected chi connectivity index (χ1v) is 9.08. The second kappa shape index (κ2) is 10.8. The van der Waals surface area contributed by atoms with E-state index in [9.17, 15) is 4.79 Å². The van der Waals surface area contributed by atoms with E-state index in [2.05, 4.69) is 15.6 Å². The van der Waals surface area contributed by atoms with Crippen molar-refractivity contribution in [3.8, 4) is 17.2 Å². The average Bonchev–Trinajstić information content (AvgIpc) is 2.74. The molecule has 0 fully saturated rings. The Morgan fingerprint density at radius 3 is 2.48 bits per heavy atom. The fourth-order valence-electron chi connectivity index (χ4n) is 2.44. The quantitative estimate of drug-likeness (QED) is 0.523. The molecule has 0 saturated carbocycles. The van der Waals surface area contributed by atoms with Crippen LogP contribution in [0, 0.1) is 0 Å². The number of aliphatic imine (C=N–C) groups is 1. The number of nitrogens with one attached hydrogen (secondary N) is 2. The topological polar surface area (TPSA) is 84.4 Å². The van der Waals surface area contributed by atoms with Crippen LogP contribution in [-0.4, -0.2) is 58.7 Å². The Labute approximate surface area is 171 Å². The first kappa shape index (κ1) is 21.9. The van der Waals surface area contributed by atoms with Crippen LogP contribution in [0.1, 0.15) is 5.56 Å². The van der Waals surface area contributed by atoms with Crippen molar-refractivity contribution in [2.75, 3.05) is 47.3 Å². The third kappa shape index (κ3) is 6.60. The van der Waals surface area contributed by atoms with E-state index >= 15 is 0 Å². The number of hydrogen-bond donors (Lipinski definition) is 2. The van der Waals surface area contributed by atoms with Crippen molar-refractivity contribution in [3.63, 3.8) is 0 Å². The van der Waals surface area contributed by atoms with Crippen molar-refractivity contribution in [1.82, 2.24) is 10.2 Å². The summed E-state index contributed by atoms with van der Waals surface area (Å²) >= 11 is 0. The molecule has 2 aromatic carbocycles. The first-order valence-electron chi connectivity index (χ1n) is 9.08. The summed E-state index contributed by atoms with van der Waals surface area (Å²) < 4.78 is 16.1. The van der Waals surface area contributed by atoms with Gasteiger partial charge in [0.25, 0.3) is 5.91 Å². The van der Waals surface area contributed by atoms with Crippen LogP contribution in [0.25, 0.3) is 0 Å². The van der Waals surface area contributed by atoms with Crippen LogP contribution in [0.3, 0.4) is 0 Å². The van der Waals surface area contributed by atoms with Gasteiger partial charge in [-0.15, -0.1) is 0 Å². The molecule has 0 saturated heterocycles. The molecule has 2 N–H and O–H groups in total. The zero-order valence-corrected chi connectivity index (χ0v) is 17.5. The van der Waals surface area contributed by atoms with Gasteiger partial charge in [-0.1, -0.05) is 12.1 Å². The van der Waals surface area contributed by atoms with Crippen molar-refractivity contribution < 1.29 is 19.0 Å². The molecule has 8 nitrogen and oxygen atoms in total. The zero-order valence-electron chi connectivity index (χ0n) is 17.5. The van der Waals surface area contributed by atoms with Gasteiger partial charge in [-0.3, -0.25) is 9.79 Å². The molecule has 0 radical (unpaired) electrons. The highest BCUT2D eigenvalue weighted by Crippen LogP contribution is 2.29. The summed E-state index contributed by atoms with van der Waals surface area (Å²) in [5.74, 6) is 2.44. The van der Waals surface area contributed by atoms with Gasteiger partial charge in [0, 0.05) is 39.4 Å². The molecule has 0 bridgehead atoms. The van der Waals surface area contributed by atoms with Gasteiger partial charge in [-0.05, 0) is 29.8 Å². The molecule has 0 heterocycles. The molecule has 0 aromatic heterocycles. The molecule has 2 rings (SSSR count). The minimum atomic E-state index is -0.0898. The molecule has 0 aliphatic carbocycles. The number of benzene rings is 2. The van der Waals surface area contributed by atoms with Crippen LogP contribution < -0.4 is 24.8 Å². The van der Waals surface area contributed by atoms with E-state index in [1.54, 1.807) is 35.4 Å². The normalized spacial score (nSPS) is 10.9. The standard InChI is InChI=1S/C21H28N4O4/c1-22-21(24-16-9-10-18(27-4)19(12-16)28-5)23-13-15-7-6-8-17(11-15)29-14-20(26)25(2)3/h6-12H,13-14H2,1-5H3,(H2,22,23,24). The van der Waals surface area contributed by atoms with E-state index in [0.29, 0.717) is 29.8 Å². The highest BCUT2D eigenvalue weighted by atomic mass is 16.5. The summed E-state index contributed by atoms with van der Waals surface area (Å²) in [5.41, 5.74) is 1.81. The SMILES string of the molecule is CN=C(NCc1cccc(OCC(=O)N(C)C)c1)Nc1ccc(OC)c(OC)c1. The Morgan fingerprint density at radius 2 is 1.83 bits per heavy atom. The highest BCUT2D eigenvalue weighted by molar-refractivity contribution is 5.93. The van der Waals surface area contributed by atoms with E-state index in [4.69, 9.17) is 14.2 Å². The van der Waals surface area contributed by atoms with Crippen molar-refractivity contribution >= 4 is 17.6 Å². The van der Waals surface area contributed by atoms with Gasteiger partial charge in [0.2, 0.25) is 0 Å². The molecule has 0 aliphatic rings. The summed E-state index contributed by atoms with van der Waals surface area (Å²) in [7, 11) is 8.28. The monoisotopic (exact) mass is 400 g/mol. The fraction of sp³-hybridized carbons (Fsp3) is 0.333. The van der Waals surface area contributed by atoms with Crippen LogP contribution in [-0.2, 0) is 11.3 Å². The van der Waals surface area contributed by atoms with Crippen LogP contribution in [0.4, 0.5) is 5.69 Å². The van der Waals surface area contributed by atoms with E-state index in [1.807, 2.05) is 42.5 Å². The highest BCUT2D eigenvalue weighted by Gasteiger charge is 2.08. The maximum atomic E-state index is 11.7. The Morgan fingerprint density at radius 1 is 1.07 bits per heavy atom. The largest absolute Gasteiger partial charge is 0.493 e. The lowest BCUT2D eigenvalue weighted by Gasteiger charge is -2.15. The fourth-order valence-corrected chi connectivity index (χ4v) is 2.44. The molecule has 0 spiro atoms. The number of anilines is 1. The number of nitrogens with zero attached hydrogens (tertiary/aromatic N) is 2. The lowest BCUT2D eigenvalue weighted by molar-refractivity contribution is -0.130.